The van der Waals surface area contributed by atoms with E-state index in [0.29, 0.717) is 11.5 Å². The van der Waals surface area contributed by atoms with Crippen molar-refractivity contribution in [2.45, 2.75) is 13.3 Å². The molecule has 4 heteroatoms. The first-order valence-electron chi connectivity index (χ1n) is 5.20. The number of hydrogen-bond donors (Lipinski definition) is 2. The van der Waals surface area contributed by atoms with Crippen LogP contribution in [0.25, 0.3) is 0 Å². The maximum absolute atomic E-state index is 11.9. The number of amides is 1. The van der Waals surface area contributed by atoms with E-state index in [1.54, 1.807) is 12.4 Å². The van der Waals surface area contributed by atoms with Gasteiger partial charge in [0.15, 0.2) is 0 Å². The number of rotatable bonds is 3. The number of hydrogen-bond acceptors (Lipinski definition) is 2. The third-order valence-electron chi connectivity index (χ3n) is 2.37. The number of carbonyl (C=O) groups is 1. The van der Waals surface area contributed by atoms with Crippen LogP contribution in [0.1, 0.15) is 22.8 Å². The van der Waals surface area contributed by atoms with Gasteiger partial charge in [-0.15, -0.1) is 0 Å². The molecule has 0 saturated carbocycles. The van der Waals surface area contributed by atoms with E-state index in [1.807, 2.05) is 31.2 Å². The Kier molecular flexibility index (Phi) is 3.00. The van der Waals surface area contributed by atoms with Crippen molar-refractivity contribution in [3.63, 3.8) is 0 Å². The van der Waals surface area contributed by atoms with Gasteiger partial charge < -0.3 is 4.98 Å². The fraction of sp³-hybridized carbons (Fsp3) is 0.167. The van der Waals surface area contributed by atoms with Crippen LogP contribution in [0.3, 0.4) is 0 Å². The van der Waals surface area contributed by atoms with Gasteiger partial charge in [-0.1, -0.05) is 25.1 Å². The van der Waals surface area contributed by atoms with E-state index in [2.05, 4.69) is 15.3 Å². The molecule has 0 aliphatic carbocycles. The average molecular weight is 215 g/mol. The molecule has 2 aromatic rings. The zero-order valence-electron chi connectivity index (χ0n) is 9.03. The summed E-state index contributed by atoms with van der Waals surface area (Å²) in [6, 6.07) is 7.56. The molecule has 1 aromatic heterocycles. The molecule has 0 atom stereocenters. The van der Waals surface area contributed by atoms with Gasteiger partial charge in [-0.25, -0.2) is 4.98 Å². The van der Waals surface area contributed by atoms with E-state index < -0.39 is 0 Å². The lowest BCUT2D eigenvalue weighted by molar-refractivity contribution is 0.102. The minimum absolute atomic E-state index is 0.132. The van der Waals surface area contributed by atoms with Crippen LogP contribution in [-0.4, -0.2) is 15.9 Å². The van der Waals surface area contributed by atoms with Gasteiger partial charge in [0.25, 0.3) is 5.91 Å². The van der Waals surface area contributed by atoms with Gasteiger partial charge in [0.05, 0.1) is 0 Å². The van der Waals surface area contributed by atoms with Crippen LogP contribution >= 0.6 is 0 Å². The van der Waals surface area contributed by atoms with Crippen LogP contribution in [0.2, 0.25) is 0 Å². The second-order valence-corrected chi connectivity index (χ2v) is 3.40. The molecule has 0 bridgehead atoms. The molecule has 0 unspecified atom stereocenters. The normalized spacial score (nSPS) is 10.1. The summed E-state index contributed by atoms with van der Waals surface area (Å²) >= 11 is 0. The lowest BCUT2D eigenvalue weighted by atomic mass is 10.1. The zero-order chi connectivity index (χ0) is 11.4. The molecular weight excluding hydrogens is 202 g/mol. The minimum Gasteiger partial charge on any atom is -0.331 e. The summed E-state index contributed by atoms with van der Waals surface area (Å²) in [6.45, 7) is 2.03. The van der Waals surface area contributed by atoms with E-state index in [1.165, 1.54) is 0 Å². The Morgan fingerprint density at radius 3 is 2.94 bits per heavy atom. The monoisotopic (exact) mass is 215 g/mol. The maximum atomic E-state index is 11.9. The zero-order valence-corrected chi connectivity index (χ0v) is 9.03. The molecule has 0 saturated heterocycles. The molecule has 1 amide bonds. The minimum atomic E-state index is -0.132. The van der Waals surface area contributed by atoms with Gasteiger partial charge in [0.1, 0.15) is 0 Å². The Morgan fingerprint density at radius 1 is 1.44 bits per heavy atom. The van der Waals surface area contributed by atoms with Crippen molar-refractivity contribution in [3.8, 4) is 0 Å². The Morgan fingerprint density at radius 2 is 2.25 bits per heavy atom. The van der Waals surface area contributed by atoms with Gasteiger partial charge >= 0.3 is 0 Å². The number of anilines is 1. The third kappa shape index (κ3) is 2.11. The first kappa shape index (κ1) is 10.4. The lowest BCUT2D eigenvalue weighted by Crippen LogP contribution is -2.14. The molecule has 2 rings (SSSR count). The smallest absolute Gasteiger partial charge is 0.258 e. The highest BCUT2D eigenvalue weighted by Crippen LogP contribution is 2.11. The predicted molar refractivity (Wildman–Crippen MR) is 62.4 cm³/mol. The van der Waals surface area contributed by atoms with Crippen LogP contribution < -0.4 is 5.32 Å². The summed E-state index contributed by atoms with van der Waals surface area (Å²) in [6.07, 6.45) is 4.10. The molecule has 0 radical (unpaired) electrons. The summed E-state index contributed by atoms with van der Waals surface area (Å²) in [7, 11) is 0. The van der Waals surface area contributed by atoms with E-state index in [4.69, 9.17) is 0 Å². The molecule has 16 heavy (non-hydrogen) atoms. The highest BCUT2D eigenvalue weighted by atomic mass is 16.1. The maximum Gasteiger partial charge on any atom is 0.258 e. The Hall–Kier alpha value is -2.10. The summed E-state index contributed by atoms with van der Waals surface area (Å²) < 4.78 is 0. The van der Waals surface area contributed by atoms with Crippen molar-refractivity contribution < 1.29 is 4.79 Å². The predicted octanol–water partition coefficient (Wildman–Crippen LogP) is 2.22. The third-order valence-corrected chi connectivity index (χ3v) is 2.37. The van der Waals surface area contributed by atoms with Crippen molar-refractivity contribution in [2.75, 3.05) is 5.32 Å². The van der Waals surface area contributed by atoms with Crippen LogP contribution in [0, 0.1) is 0 Å². The number of nitrogens with one attached hydrogen (secondary N) is 2. The summed E-state index contributed by atoms with van der Waals surface area (Å²) in [5.41, 5.74) is 1.73. The van der Waals surface area contributed by atoms with Gasteiger partial charge in [0, 0.05) is 18.0 Å². The Labute approximate surface area is 93.7 Å². The Balaban J connectivity index is 2.21. The van der Waals surface area contributed by atoms with Crippen molar-refractivity contribution in [1.29, 1.82) is 0 Å². The number of imidazole rings is 1. The molecule has 1 heterocycles. The summed E-state index contributed by atoms with van der Waals surface area (Å²) in [5, 5.41) is 2.71. The molecule has 0 fully saturated rings. The van der Waals surface area contributed by atoms with Crippen molar-refractivity contribution in [1.82, 2.24) is 9.97 Å². The molecule has 0 aliphatic rings. The number of H-pyrrole nitrogens is 1. The summed E-state index contributed by atoms with van der Waals surface area (Å²) in [5.74, 6) is 0.336. The van der Waals surface area contributed by atoms with Gasteiger partial charge in [-0.05, 0) is 18.1 Å². The highest BCUT2D eigenvalue weighted by molar-refractivity contribution is 6.04. The van der Waals surface area contributed by atoms with E-state index in [9.17, 15) is 4.79 Å². The standard InChI is InChI=1S/C12H13N3O/c1-2-9-5-3-4-6-10(9)11(16)15-12-13-7-8-14-12/h3-8H,2H2,1H3,(H2,13,14,15,16). The van der Waals surface area contributed by atoms with Crippen LogP contribution in [0.15, 0.2) is 36.7 Å². The average Bonchev–Trinajstić information content (AvgIpc) is 2.81. The number of aryl methyl sites for hydroxylation is 1. The first-order valence-corrected chi connectivity index (χ1v) is 5.20. The number of aromatic amines is 1. The van der Waals surface area contributed by atoms with Crippen LogP contribution in [-0.2, 0) is 6.42 Å². The number of benzene rings is 1. The van der Waals surface area contributed by atoms with Crippen LogP contribution in [0.5, 0.6) is 0 Å². The van der Waals surface area contributed by atoms with Crippen molar-refractivity contribution >= 4 is 11.9 Å². The number of aromatic nitrogens is 2. The second kappa shape index (κ2) is 4.61. The van der Waals surface area contributed by atoms with E-state index in [0.717, 1.165) is 12.0 Å². The fourth-order valence-electron chi connectivity index (χ4n) is 1.56. The van der Waals surface area contributed by atoms with Gasteiger partial charge in [-0.2, -0.15) is 0 Å². The first-order chi connectivity index (χ1) is 7.81. The molecule has 4 nitrogen and oxygen atoms in total. The molecule has 82 valence electrons. The molecule has 0 spiro atoms. The molecule has 2 N–H and O–H groups in total. The van der Waals surface area contributed by atoms with Gasteiger partial charge in [0.2, 0.25) is 5.95 Å². The van der Waals surface area contributed by atoms with Crippen molar-refractivity contribution in [2.24, 2.45) is 0 Å². The Bertz CT molecular complexity index is 477. The molecule has 1 aromatic carbocycles. The number of carbonyl (C=O) groups excluding carboxylic acids is 1. The largest absolute Gasteiger partial charge is 0.331 e. The summed E-state index contributed by atoms with van der Waals surface area (Å²) in [4.78, 5) is 18.7. The quantitative estimate of drug-likeness (QED) is 0.824. The van der Waals surface area contributed by atoms with Crippen molar-refractivity contribution in [3.05, 3.63) is 47.8 Å². The SMILES string of the molecule is CCc1ccccc1C(=O)Nc1ncc[nH]1. The highest BCUT2D eigenvalue weighted by Gasteiger charge is 2.10. The number of nitrogens with zero attached hydrogens (tertiary/aromatic N) is 1. The fourth-order valence-corrected chi connectivity index (χ4v) is 1.56. The van der Waals surface area contributed by atoms with Crippen LogP contribution in [0.4, 0.5) is 5.95 Å². The molecule has 0 aliphatic heterocycles. The topological polar surface area (TPSA) is 57.8 Å². The van der Waals surface area contributed by atoms with E-state index >= 15 is 0 Å². The molecular formula is C12H13N3O. The lowest BCUT2D eigenvalue weighted by Gasteiger charge is -2.06. The van der Waals surface area contributed by atoms with E-state index in [-0.39, 0.29) is 5.91 Å². The second-order valence-electron chi connectivity index (χ2n) is 3.40. The van der Waals surface area contributed by atoms with Gasteiger partial charge in [-0.3, -0.25) is 10.1 Å².